The Labute approximate surface area is 227 Å². The highest BCUT2D eigenvalue weighted by atomic mass is 35.5. The maximum absolute atomic E-state index is 12.1. The van der Waals surface area contributed by atoms with Gasteiger partial charge in [-0.2, -0.15) is 0 Å². The molecule has 2 aromatic rings. The fourth-order valence-electron chi connectivity index (χ4n) is 4.16. The van der Waals surface area contributed by atoms with Crippen LogP contribution in [0.4, 0.5) is 16.4 Å². The smallest absolute Gasteiger partial charge is 0.407 e. The van der Waals surface area contributed by atoms with E-state index in [-0.39, 0.29) is 12.0 Å². The minimum atomic E-state index is -0.520. The van der Waals surface area contributed by atoms with Crippen molar-refractivity contribution in [1.82, 2.24) is 25.6 Å². The van der Waals surface area contributed by atoms with E-state index in [0.717, 1.165) is 43.9 Å². The first-order valence-electron chi connectivity index (χ1n) is 12.5. The number of rotatable bonds is 8. The fourth-order valence-corrected chi connectivity index (χ4v) is 5.24. The van der Waals surface area contributed by atoms with Gasteiger partial charge in [0, 0.05) is 43.8 Å². The van der Waals surface area contributed by atoms with E-state index in [0.29, 0.717) is 40.0 Å². The number of piperidine rings is 1. The van der Waals surface area contributed by atoms with E-state index in [1.165, 1.54) is 11.8 Å². The summed E-state index contributed by atoms with van der Waals surface area (Å²) in [4.78, 5) is 28.7. The highest BCUT2D eigenvalue weighted by molar-refractivity contribution is 7.99. The number of anilines is 2. The minimum Gasteiger partial charge on any atom is -0.444 e. The molecule has 4 rings (SSSR count). The molecule has 2 fully saturated rings. The van der Waals surface area contributed by atoms with E-state index in [4.69, 9.17) is 16.3 Å². The zero-order valence-corrected chi connectivity index (χ0v) is 23.4. The average Bonchev–Trinajstić information content (AvgIpc) is 2.82. The highest BCUT2D eigenvalue weighted by Crippen LogP contribution is 2.37. The van der Waals surface area contributed by atoms with Gasteiger partial charge in [0.15, 0.2) is 5.82 Å². The number of hydrogen-bond acceptors (Lipinski definition) is 10. The van der Waals surface area contributed by atoms with Gasteiger partial charge < -0.3 is 30.7 Å². The lowest BCUT2D eigenvalue weighted by Gasteiger charge is -2.40. The van der Waals surface area contributed by atoms with E-state index in [2.05, 4.69) is 42.7 Å². The van der Waals surface area contributed by atoms with Crippen LogP contribution in [0.15, 0.2) is 28.4 Å². The van der Waals surface area contributed by atoms with Crippen molar-refractivity contribution < 1.29 is 14.6 Å². The van der Waals surface area contributed by atoms with Crippen molar-refractivity contribution >= 4 is 41.1 Å². The third-order valence-electron chi connectivity index (χ3n) is 6.47. The summed E-state index contributed by atoms with van der Waals surface area (Å²) < 4.78 is 5.36. The molecule has 0 spiro atoms. The molecule has 4 heterocycles. The molecule has 0 bridgehead atoms. The molecule has 12 heteroatoms. The summed E-state index contributed by atoms with van der Waals surface area (Å²) in [5.41, 5.74) is -0.0343. The van der Waals surface area contributed by atoms with E-state index in [1.54, 1.807) is 12.4 Å². The number of aliphatic hydroxyl groups is 1. The molecule has 0 radical (unpaired) electrons. The number of pyridine rings is 1. The molecular formula is C25H36ClN7O3S. The molecule has 0 unspecified atom stereocenters. The molecule has 37 heavy (non-hydrogen) atoms. The zero-order chi connectivity index (χ0) is 26.6. The van der Waals surface area contributed by atoms with E-state index < -0.39 is 11.7 Å². The first-order chi connectivity index (χ1) is 17.5. The molecule has 4 N–H and O–H groups in total. The van der Waals surface area contributed by atoms with Gasteiger partial charge in [-0.3, -0.25) is 0 Å². The van der Waals surface area contributed by atoms with Crippen molar-refractivity contribution in [3.8, 4) is 0 Å². The molecule has 2 saturated heterocycles. The lowest BCUT2D eigenvalue weighted by Crippen LogP contribution is -2.51. The zero-order valence-electron chi connectivity index (χ0n) is 21.8. The number of alkyl carbamates (subject to hydrolysis) is 1. The maximum atomic E-state index is 12.1. The van der Waals surface area contributed by atoms with Crippen LogP contribution >= 0.6 is 23.4 Å². The number of aromatic nitrogens is 3. The topological polar surface area (TPSA) is 125 Å². The third kappa shape index (κ3) is 7.37. The molecular weight excluding hydrogens is 514 g/mol. The molecule has 2 aliphatic heterocycles. The second kappa shape index (κ2) is 11.6. The number of carbonyl (C=O) groups is 1. The Morgan fingerprint density at radius 1 is 1.32 bits per heavy atom. The minimum absolute atomic E-state index is 0.0462. The maximum Gasteiger partial charge on any atom is 0.407 e. The van der Waals surface area contributed by atoms with Gasteiger partial charge in [0.05, 0.1) is 23.9 Å². The van der Waals surface area contributed by atoms with Crippen LogP contribution in [0.2, 0.25) is 5.02 Å². The van der Waals surface area contributed by atoms with Gasteiger partial charge >= 0.3 is 6.09 Å². The number of aliphatic hydroxyl groups excluding tert-OH is 1. The first-order valence-corrected chi connectivity index (χ1v) is 13.7. The number of amides is 1. The summed E-state index contributed by atoms with van der Waals surface area (Å²) >= 11 is 8.00. The quantitative estimate of drug-likeness (QED) is 0.387. The van der Waals surface area contributed by atoms with Crippen molar-refractivity contribution in [2.24, 2.45) is 5.41 Å². The van der Waals surface area contributed by atoms with Crippen molar-refractivity contribution in [3.05, 3.63) is 29.2 Å². The van der Waals surface area contributed by atoms with Crippen molar-refractivity contribution in [2.45, 2.75) is 68.7 Å². The molecule has 0 saturated carbocycles. The third-order valence-corrected chi connectivity index (χ3v) is 7.93. The Balaban J connectivity index is 1.37. The summed E-state index contributed by atoms with van der Waals surface area (Å²) in [6.07, 6.45) is 4.78. The van der Waals surface area contributed by atoms with E-state index in [1.807, 2.05) is 26.8 Å². The van der Waals surface area contributed by atoms with Crippen LogP contribution in [0.25, 0.3) is 0 Å². The van der Waals surface area contributed by atoms with Crippen molar-refractivity contribution in [3.63, 3.8) is 0 Å². The molecule has 10 nitrogen and oxygen atoms in total. The first kappa shape index (κ1) is 27.7. The number of nitrogens with zero attached hydrogens (tertiary/aromatic N) is 4. The molecule has 0 atom stereocenters. The van der Waals surface area contributed by atoms with Crippen LogP contribution in [0.1, 0.15) is 46.2 Å². The largest absolute Gasteiger partial charge is 0.444 e. The number of nitrogens with one attached hydrogen (secondary N) is 3. The van der Waals surface area contributed by atoms with Crippen molar-refractivity contribution in [1.29, 1.82) is 0 Å². The summed E-state index contributed by atoms with van der Waals surface area (Å²) in [5.74, 6) is 1.34. The van der Waals surface area contributed by atoms with Crippen LogP contribution < -0.4 is 20.9 Å². The number of carbonyl (C=O) groups excluding carboxylic acids is 1. The monoisotopic (exact) mass is 549 g/mol. The Morgan fingerprint density at radius 2 is 2.05 bits per heavy atom. The van der Waals surface area contributed by atoms with Gasteiger partial charge in [0.1, 0.15) is 22.1 Å². The Morgan fingerprint density at radius 3 is 2.68 bits per heavy atom. The van der Waals surface area contributed by atoms with Crippen LogP contribution in [0, 0.1) is 5.41 Å². The summed E-state index contributed by atoms with van der Waals surface area (Å²) in [7, 11) is 0. The fraction of sp³-hybridized carbons (Fsp3) is 0.600. The van der Waals surface area contributed by atoms with Gasteiger partial charge in [-0.15, -0.1) is 0 Å². The molecule has 2 aliphatic rings. The van der Waals surface area contributed by atoms with Gasteiger partial charge in [0.2, 0.25) is 0 Å². The van der Waals surface area contributed by atoms with Gasteiger partial charge in [-0.1, -0.05) is 30.3 Å². The molecule has 2 aromatic heterocycles. The summed E-state index contributed by atoms with van der Waals surface area (Å²) in [5, 5.41) is 20.7. The van der Waals surface area contributed by atoms with Gasteiger partial charge in [-0.05, 0) is 45.1 Å². The Hall–Kier alpha value is -2.34. The van der Waals surface area contributed by atoms with Crippen molar-refractivity contribution in [2.75, 3.05) is 42.9 Å². The normalized spacial score (nSPS) is 17.7. The van der Waals surface area contributed by atoms with Gasteiger partial charge in [-0.25, -0.2) is 19.7 Å². The highest BCUT2D eigenvalue weighted by Gasteiger charge is 2.32. The summed E-state index contributed by atoms with van der Waals surface area (Å²) in [6.45, 7) is 11.3. The predicted octanol–water partition coefficient (Wildman–Crippen LogP) is 3.68. The number of halogens is 1. The predicted molar refractivity (Wildman–Crippen MR) is 145 cm³/mol. The van der Waals surface area contributed by atoms with Crippen LogP contribution in [0.5, 0.6) is 0 Å². The lowest BCUT2D eigenvalue weighted by molar-refractivity contribution is 0.0495. The van der Waals surface area contributed by atoms with Crippen LogP contribution in [0.3, 0.4) is 0 Å². The van der Waals surface area contributed by atoms with Gasteiger partial charge in [0.25, 0.3) is 0 Å². The second-order valence-corrected chi connectivity index (χ2v) is 12.3. The lowest BCUT2D eigenvalue weighted by atomic mass is 9.80. The SMILES string of the molecule is CC1(CNC(=O)OC(C)(C)C)CCN(c2ncc(Sc3ccnc(NC4CNC4)c3Cl)nc2CO)CC1. The van der Waals surface area contributed by atoms with E-state index >= 15 is 0 Å². The van der Waals surface area contributed by atoms with E-state index in [9.17, 15) is 9.90 Å². The van der Waals surface area contributed by atoms with Crippen LogP contribution in [-0.2, 0) is 11.3 Å². The Bertz CT molecular complexity index is 1100. The molecule has 0 aromatic carbocycles. The molecule has 202 valence electrons. The number of ether oxygens (including phenoxy) is 1. The molecule has 0 aliphatic carbocycles. The van der Waals surface area contributed by atoms with Crippen LogP contribution in [-0.4, -0.2) is 70.5 Å². The molecule has 1 amide bonds. The second-order valence-electron chi connectivity index (χ2n) is 10.9. The Kier molecular flexibility index (Phi) is 8.67. The summed E-state index contributed by atoms with van der Waals surface area (Å²) in [6, 6.07) is 2.17. The number of hydrogen-bond donors (Lipinski definition) is 4. The standard InChI is InChI=1S/C25H36ClN7O3S/c1-24(2,3)36-23(35)30-15-25(4)6-9-33(10-7-25)22-17(14-34)32-19(13-29-22)37-18-5-8-28-21(20(18)26)31-16-11-27-12-16/h5,8,13,16,27,34H,6-7,9-12,14-15H2,1-4H3,(H,28,31)(H,30,35). The average molecular weight is 550 g/mol.